The van der Waals surface area contributed by atoms with Gasteiger partial charge in [0.2, 0.25) is 0 Å². The summed E-state index contributed by atoms with van der Waals surface area (Å²) in [6.45, 7) is 8.41. The lowest BCUT2D eigenvalue weighted by Crippen LogP contribution is -2.28. The quantitative estimate of drug-likeness (QED) is 0.797. The molecule has 0 radical (unpaired) electrons. The normalized spacial score (nSPS) is 12.6. The molecule has 17 heavy (non-hydrogen) atoms. The Bertz CT molecular complexity index is 363. The molecule has 0 heterocycles. The van der Waals surface area contributed by atoms with Gasteiger partial charge < -0.3 is 15.4 Å². The lowest BCUT2D eigenvalue weighted by Gasteiger charge is -2.27. The Morgan fingerprint density at radius 2 is 1.88 bits per heavy atom. The Balaban J connectivity index is 2.96. The standard InChI is InChI=1S/C14H24N2O/c1-6-11(4)16(5)13-7-12(15)8-14(9-13)17-10(2)3/h7-11H,6,15H2,1-5H3. The van der Waals surface area contributed by atoms with Gasteiger partial charge in [0.05, 0.1) is 6.10 Å². The van der Waals surface area contributed by atoms with E-state index in [2.05, 4.69) is 25.8 Å². The minimum atomic E-state index is 0.165. The fraction of sp³-hybridized carbons (Fsp3) is 0.571. The summed E-state index contributed by atoms with van der Waals surface area (Å²) in [4.78, 5) is 2.23. The minimum Gasteiger partial charge on any atom is -0.491 e. The molecule has 0 saturated heterocycles. The highest BCUT2D eigenvalue weighted by Gasteiger charge is 2.10. The first-order valence-corrected chi connectivity index (χ1v) is 6.24. The van der Waals surface area contributed by atoms with Crippen LogP contribution in [0.4, 0.5) is 11.4 Å². The molecule has 2 N–H and O–H groups in total. The van der Waals surface area contributed by atoms with Crippen molar-refractivity contribution >= 4 is 11.4 Å². The molecule has 0 fully saturated rings. The smallest absolute Gasteiger partial charge is 0.123 e. The Labute approximate surface area is 105 Å². The van der Waals surface area contributed by atoms with Crippen LogP contribution in [0.1, 0.15) is 34.1 Å². The monoisotopic (exact) mass is 236 g/mol. The summed E-state index contributed by atoms with van der Waals surface area (Å²) < 4.78 is 5.69. The van der Waals surface area contributed by atoms with E-state index in [1.807, 2.05) is 32.0 Å². The number of nitrogens with zero attached hydrogens (tertiary/aromatic N) is 1. The molecule has 1 aromatic rings. The summed E-state index contributed by atoms with van der Waals surface area (Å²) in [7, 11) is 2.09. The second-order valence-corrected chi connectivity index (χ2v) is 4.80. The highest BCUT2D eigenvalue weighted by atomic mass is 16.5. The zero-order valence-corrected chi connectivity index (χ0v) is 11.5. The van der Waals surface area contributed by atoms with E-state index in [0.29, 0.717) is 6.04 Å². The van der Waals surface area contributed by atoms with Crippen LogP contribution < -0.4 is 15.4 Å². The van der Waals surface area contributed by atoms with E-state index in [4.69, 9.17) is 10.5 Å². The molecule has 1 unspecified atom stereocenters. The molecule has 0 aromatic heterocycles. The average molecular weight is 236 g/mol. The second kappa shape index (κ2) is 5.80. The van der Waals surface area contributed by atoms with Crippen LogP contribution in [0.5, 0.6) is 5.75 Å². The minimum absolute atomic E-state index is 0.165. The van der Waals surface area contributed by atoms with Crippen molar-refractivity contribution < 1.29 is 4.74 Å². The van der Waals surface area contributed by atoms with E-state index in [0.717, 1.165) is 23.5 Å². The molecule has 0 aliphatic heterocycles. The molecular weight excluding hydrogens is 212 g/mol. The van der Waals surface area contributed by atoms with E-state index < -0.39 is 0 Å². The van der Waals surface area contributed by atoms with Crippen molar-refractivity contribution in [3.05, 3.63) is 18.2 Å². The summed E-state index contributed by atoms with van der Waals surface area (Å²) in [6, 6.07) is 6.39. The lowest BCUT2D eigenvalue weighted by atomic mass is 10.2. The van der Waals surface area contributed by atoms with Crippen molar-refractivity contribution in [3.63, 3.8) is 0 Å². The van der Waals surface area contributed by atoms with E-state index >= 15 is 0 Å². The maximum absolute atomic E-state index is 5.91. The topological polar surface area (TPSA) is 38.5 Å². The Kier molecular flexibility index (Phi) is 4.67. The molecule has 0 bridgehead atoms. The Hall–Kier alpha value is -1.38. The van der Waals surface area contributed by atoms with Crippen LogP contribution >= 0.6 is 0 Å². The molecule has 0 spiro atoms. The van der Waals surface area contributed by atoms with Crippen molar-refractivity contribution in [1.29, 1.82) is 0 Å². The molecule has 0 aliphatic carbocycles. The number of anilines is 2. The van der Waals surface area contributed by atoms with Gasteiger partial charge in [-0.15, -0.1) is 0 Å². The first-order valence-electron chi connectivity index (χ1n) is 6.24. The molecule has 3 heteroatoms. The van der Waals surface area contributed by atoms with Crippen molar-refractivity contribution in [2.24, 2.45) is 0 Å². The molecule has 3 nitrogen and oxygen atoms in total. The lowest BCUT2D eigenvalue weighted by molar-refractivity contribution is 0.242. The first kappa shape index (κ1) is 13.7. The average Bonchev–Trinajstić information content (AvgIpc) is 2.25. The van der Waals surface area contributed by atoms with Gasteiger partial charge in [-0.1, -0.05) is 6.92 Å². The molecule has 96 valence electrons. The number of nitrogens with two attached hydrogens (primary N) is 1. The molecule has 0 saturated carbocycles. The van der Waals surface area contributed by atoms with Gasteiger partial charge in [-0.25, -0.2) is 0 Å². The molecular formula is C14H24N2O. The predicted molar refractivity (Wildman–Crippen MR) is 74.8 cm³/mol. The van der Waals surface area contributed by atoms with Gasteiger partial charge in [0.1, 0.15) is 5.75 Å². The molecule has 1 aromatic carbocycles. The fourth-order valence-corrected chi connectivity index (χ4v) is 1.68. The third kappa shape index (κ3) is 3.84. The first-order chi connectivity index (χ1) is 7.93. The summed E-state index contributed by atoms with van der Waals surface area (Å²) >= 11 is 0. The Morgan fingerprint density at radius 1 is 1.24 bits per heavy atom. The number of hydrogen-bond donors (Lipinski definition) is 1. The van der Waals surface area contributed by atoms with Crippen LogP contribution in [0.15, 0.2) is 18.2 Å². The largest absolute Gasteiger partial charge is 0.491 e. The maximum Gasteiger partial charge on any atom is 0.123 e. The zero-order valence-electron chi connectivity index (χ0n) is 11.5. The van der Waals surface area contributed by atoms with E-state index in [-0.39, 0.29) is 6.10 Å². The summed E-state index contributed by atoms with van der Waals surface area (Å²) in [5, 5.41) is 0. The Morgan fingerprint density at radius 3 is 2.41 bits per heavy atom. The van der Waals surface area contributed by atoms with Gasteiger partial charge >= 0.3 is 0 Å². The number of ether oxygens (including phenoxy) is 1. The summed E-state index contributed by atoms with van der Waals surface area (Å²) in [5.74, 6) is 0.838. The van der Waals surface area contributed by atoms with Gasteiger partial charge in [-0.3, -0.25) is 0 Å². The SMILES string of the molecule is CCC(C)N(C)c1cc(N)cc(OC(C)C)c1. The van der Waals surface area contributed by atoms with Crippen molar-refractivity contribution in [2.45, 2.75) is 46.3 Å². The van der Waals surface area contributed by atoms with Gasteiger partial charge in [0, 0.05) is 36.6 Å². The molecule has 1 atom stereocenters. The van der Waals surface area contributed by atoms with Crippen LogP contribution in [0.2, 0.25) is 0 Å². The third-order valence-electron chi connectivity index (χ3n) is 2.94. The van der Waals surface area contributed by atoms with Crippen molar-refractivity contribution in [2.75, 3.05) is 17.7 Å². The maximum atomic E-state index is 5.91. The zero-order chi connectivity index (χ0) is 13.0. The summed E-state index contributed by atoms with van der Waals surface area (Å²) in [6.07, 6.45) is 1.27. The molecule has 1 rings (SSSR count). The molecule has 0 amide bonds. The summed E-state index contributed by atoms with van der Waals surface area (Å²) in [5.41, 5.74) is 7.76. The van der Waals surface area contributed by atoms with Crippen LogP contribution in [-0.4, -0.2) is 19.2 Å². The number of rotatable bonds is 5. The van der Waals surface area contributed by atoms with E-state index in [1.165, 1.54) is 0 Å². The van der Waals surface area contributed by atoms with Gasteiger partial charge in [0.25, 0.3) is 0 Å². The fourth-order valence-electron chi connectivity index (χ4n) is 1.68. The van der Waals surface area contributed by atoms with Crippen LogP contribution in [0, 0.1) is 0 Å². The van der Waals surface area contributed by atoms with Crippen LogP contribution in [0.3, 0.4) is 0 Å². The number of hydrogen-bond acceptors (Lipinski definition) is 3. The predicted octanol–water partition coefficient (Wildman–Crippen LogP) is 3.29. The van der Waals surface area contributed by atoms with E-state index in [1.54, 1.807) is 0 Å². The van der Waals surface area contributed by atoms with Crippen LogP contribution in [0.25, 0.3) is 0 Å². The number of nitrogen functional groups attached to an aromatic ring is 1. The van der Waals surface area contributed by atoms with Crippen molar-refractivity contribution in [1.82, 2.24) is 0 Å². The van der Waals surface area contributed by atoms with E-state index in [9.17, 15) is 0 Å². The third-order valence-corrected chi connectivity index (χ3v) is 2.94. The van der Waals surface area contributed by atoms with Gasteiger partial charge in [-0.05, 0) is 33.3 Å². The van der Waals surface area contributed by atoms with Crippen molar-refractivity contribution in [3.8, 4) is 5.75 Å². The molecule has 0 aliphatic rings. The van der Waals surface area contributed by atoms with Gasteiger partial charge in [-0.2, -0.15) is 0 Å². The van der Waals surface area contributed by atoms with Crippen LogP contribution in [-0.2, 0) is 0 Å². The number of benzene rings is 1. The second-order valence-electron chi connectivity index (χ2n) is 4.80. The highest BCUT2D eigenvalue weighted by molar-refractivity contribution is 5.60. The highest BCUT2D eigenvalue weighted by Crippen LogP contribution is 2.27. The van der Waals surface area contributed by atoms with Gasteiger partial charge in [0.15, 0.2) is 0 Å².